The zero-order chi connectivity index (χ0) is 54.2. The van der Waals surface area contributed by atoms with Crippen molar-refractivity contribution in [3.63, 3.8) is 0 Å². The van der Waals surface area contributed by atoms with Gasteiger partial charge in [-0.25, -0.2) is 15.2 Å². The van der Waals surface area contributed by atoms with Gasteiger partial charge in [-0.3, -0.25) is 29.2 Å². The molecule has 9 rings (SSSR count). The number of hydrazine groups is 1. The number of benzene rings is 1. The number of likely N-dealkylation sites (N-methyl/N-ethyl adjacent to an activating group) is 2. The number of aromatic nitrogens is 3. The number of aryl methyl sites for hydroxylation is 1. The molecule has 6 bridgehead atoms. The second-order valence-corrected chi connectivity index (χ2v) is 23.4. The van der Waals surface area contributed by atoms with Crippen molar-refractivity contribution in [1.82, 2.24) is 49.9 Å². The number of methoxy groups -OCH3 is 1. The summed E-state index contributed by atoms with van der Waals surface area (Å²) in [5.41, 5.74) is 9.66. The number of piperazine rings is 1. The van der Waals surface area contributed by atoms with E-state index in [0.29, 0.717) is 70.0 Å². The van der Waals surface area contributed by atoms with Crippen LogP contribution >= 0.6 is 11.3 Å². The molecule has 5 aliphatic rings. The second kappa shape index (κ2) is 22.6. The Morgan fingerprint density at radius 2 is 1.82 bits per heavy atom. The molecule has 8 heterocycles. The van der Waals surface area contributed by atoms with Gasteiger partial charge in [-0.05, 0) is 82.3 Å². The Kier molecular flexibility index (Phi) is 16.3. The summed E-state index contributed by atoms with van der Waals surface area (Å²) in [5, 5.41) is 8.17. The number of hydrogen-bond donors (Lipinski definition) is 2. The summed E-state index contributed by atoms with van der Waals surface area (Å²) in [6, 6.07) is 5.50. The van der Waals surface area contributed by atoms with E-state index in [1.165, 1.54) is 27.3 Å². The minimum absolute atomic E-state index is 0.0616. The molecule has 20 heteroatoms. The lowest BCUT2D eigenvalue weighted by Crippen LogP contribution is -2.62. The van der Waals surface area contributed by atoms with Crippen molar-refractivity contribution in [2.45, 2.75) is 110 Å². The van der Waals surface area contributed by atoms with Gasteiger partial charge in [0.15, 0.2) is 0 Å². The third-order valence-electron chi connectivity index (χ3n) is 16.0. The van der Waals surface area contributed by atoms with Gasteiger partial charge in [-0.1, -0.05) is 40.3 Å². The van der Waals surface area contributed by atoms with Crippen molar-refractivity contribution in [1.29, 1.82) is 0 Å². The molecule has 1 aromatic carbocycles. The zero-order valence-electron chi connectivity index (χ0n) is 45.9. The van der Waals surface area contributed by atoms with Crippen LogP contribution in [-0.2, 0) is 52.8 Å². The van der Waals surface area contributed by atoms with Crippen molar-refractivity contribution in [2.24, 2.45) is 11.3 Å². The van der Waals surface area contributed by atoms with Gasteiger partial charge in [0.25, 0.3) is 5.91 Å². The first kappa shape index (κ1) is 54.8. The number of amides is 5. The van der Waals surface area contributed by atoms with E-state index in [4.69, 9.17) is 24.2 Å². The maximum absolute atomic E-state index is 14.8. The minimum atomic E-state index is -1.11. The average molecular weight is 1060 g/mol. The Morgan fingerprint density at radius 1 is 1.05 bits per heavy atom. The van der Waals surface area contributed by atoms with Crippen LogP contribution in [0.25, 0.3) is 33.4 Å². The molecule has 0 aliphatic carbocycles. The summed E-state index contributed by atoms with van der Waals surface area (Å²) < 4.78 is 20.8. The average Bonchev–Trinajstić information content (AvgIpc) is 4.17. The number of pyridine rings is 1. The normalized spacial score (nSPS) is 23.4. The molecular weight excluding hydrogens is 987 g/mol. The smallest absolute Gasteiger partial charge is 0.324 e. The number of carbonyl (C=O) groups is 5. The Hall–Kier alpha value is -5.93. The van der Waals surface area contributed by atoms with Crippen LogP contribution in [0.15, 0.2) is 48.5 Å². The second-order valence-electron chi connectivity index (χ2n) is 22.5. The van der Waals surface area contributed by atoms with E-state index in [-0.39, 0.29) is 43.5 Å². The van der Waals surface area contributed by atoms with E-state index in [2.05, 4.69) is 83.8 Å². The number of nitrogens with zero attached hydrogens (tertiary/aromatic N) is 9. The van der Waals surface area contributed by atoms with Crippen LogP contribution in [0.1, 0.15) is 83.2 Å². The van der Waals surface area contributed by atoms with Gasteiger partial charge in [0.1, 0.15) is 23.7 Å². The first-order valence-corrected chi connectivity index (χ1v) is 27.9. The standard InChI is InChI=1S/C56H77N11O8S/c1-11-47(68)64-24-25-75-56(32-64)17-19-65(33-56)54(72)62(9)49(35(3)4)51(69)59-43-28-46-58-44(31-76-46)37-15-16-45-39(26-37)41(29-55(6,7)34-74-53(71)42-14-13-18-67(60-42)52(43)70)50(66(45)12-2)40-27-38(30-57-48(40)36(5)73-10)63-22-20-61(8)21-23-63/h11,15-16,26-27,30-31,35-36,42-43,49,60H,1,12-14,17-25,28-29,32-34H2,2-10H3,(H,59,69)/t36-,42-,43-,49-,56-/m0/s1. The number of carbonyl (C=O) groups excluding carboxylic acids is 5. The lowest BCUT2D eigenvalue weighted by atomic mass is 9.84. The van der Waals surface area contributed by atoms with E-state index in [1.54, 1.807) is 24.0 Å². The number of nitrogens with one attached hydrogen (secondary N) is 2. The summed E-state index contributed by atoms with van der Waals surface area (Å²) >= 11 is 1.41. The SMILES string of the molecule is C=CC(=O)N1CCO[C@@]2(CCN(C(=O)N(C)[C@H](C(=O)N[C@H]3Cc4nc(cs4)-c4ccc5c(c4)c(c(-c4cc(N6CCN(C)CC6)cnc4[C@H](C)OC)n5CC)CC(C)(C)COC(=O)[C@@H]4CCCN(N4)C3=O)C(C)C)C2)C1. The van der Waals surface area contributed by atoms with E-state index in [1.807, 2.05) is 32.3 Å². The van der Waals surface area contributed by atoms with Gasteiger partial charge in [0.2, 0.25) is 11.8 Å². The zero-order valence-corrected chi connectivity index (χ0v) is 46.7. The minimum Gasteiger partial charge on any atom is -0.464 e. The van der Waals surface area contributed by atoms with Crippen molar-refractivity contribution < 1.29 is 38.2 Å². The number of morpholine rings is 1. The molecule has 0 radical (unpaired) electrons. The van der Waals surface area contributed by atoms with Crippen molar-refractivity contribution in [3.05, 3.63) is 64.8 Å². The third-order valence-corrected chi connectivity index (χ3v) is 16.9. The Balaban J connectivity index is 1.06. The van der Waals surface area contributed by atoms with Gasteiger partial charge < -0.3 is 48.6 Å². The third kappa shape index (κ3) is 11.2. The van der Waals surface area contributed by atoms with Gasteiger partial charge in [0.05, 0.1) is 66.4 Å². The van der Waals surface area contributed by atoms with Crippen LogP contribution in [-0.4, -0.2) is 186 Å². The van der Waals surface area contributed by atoms with Crippen LogP contribution in [0.3, 0.4) is 0 Å². The Labute approximate surface area is 450 Å². The maximum atomic E-state index is 14.8. The van der Waals surface area contributed by atoms with Crippen molar-refractivity contribution >= 4 is 57.6 Å². The topological polar surface area (TPSA) is 187 Å². The quantitative estimate of drug-likeness (QED) is 0.150. The highest BCUT2D eigenvalue weighted by Crippen LogP contribution is 2.43. The van der Waals surface area contributed by atoms with Crippen LogP contribution in [0.5, 0.6) is 0 Å². The fraction of sp³-hybridized carbons (Fsp3) is 0.589. The molecule has 2 N–H and O–H groups in total. The summed E-state index contributed by atoms with van der Waals surface area (Å²) in [6.45, 7) is 22.4. The molecule has 410 valence electrons. The molecule has 5 atom stereocenters. The van der Waals surface area contributed by atoms with Gasteiger partial charge in [-0.2, -0.15) is 0 Å². The molecule has 4 aromatic rings. The largest absolute Gasteiger partial charge is 0.464 e. The number of urea groups is 1. The maximum Gasteiger partial charge on any atom is 0.324 e. The molecule has 0 saturated carbocycles. The van der Waals surface area contributed by atoms with E-state index in [9.17, 15) is 24.0 Å². The monoisotopic (exact) mass is 1060 g/mol. The van der Waals surface area contributed by atoms with E-state index in [0.717, 1.165) is 76.5 Å². The van der Waals surface area contributed by atoms with Crippen LogP contribution in [0.2, 0.25) is 0 Å². The fourth-order valence-electron chi connectivity index (χ4n) is 11.8. The molecule has 1 spiro atoms. The molecule has 4 saturated heterocycles. The van der Waals surface area contributed by atoms with Gasteiger partial charge >= 0.3 is 12.0 Å². The van der Waals surface area contributed by atoms with E-state index >= 15 is 0 Å². The van der Waals surface area contributed by atoms with Gasteiger partial charge in [-0.15, -0.1) is 11.3 Å². The highest BCUT2D eigenvalue weighted by Gasteiger charge is 2.47. The summed E-state index contributed by atoms with van der Waals surface area (Å²) in [5.74, 6) is -1.91. The number of likely N-dealkylation sites (tertiary alicyclic amines) is 1. The summed E-state index contributed by atoms with van der Waals surface area (Å²) in [4.78, 5) is 90.4. The first-order valence-electron chi connectivity index (χ1n) is 27.0. The Morgan fingerprint density at radius 3 is 2.54 bits per heavy atom. The summed E-state index contributed by atoms with van der Waals surface area (Å²) in [6.07, 6.45) is 5.12. The number of cyclic esters (lactones) is 1. The number of thiazole rings is 1. The predicted molar refractivity (Wildman–Crippen MR) is 292 cm³/mol. The molecule has 0 unspecified atom stereocenters. The molecule has 5 amide bonds. The number of esters is 1. The molecule has 19 nitrogen and oxygen atoms in total. The lowest BCUT2D eigenvalue weighted by molar-refractivity contribution is -0.155. The number of hydrogen-bond acceptors (Lipinski definition) is 14. The van der Waals surface area contributed by atoms with Crippen molar-refractivity contribution in [3.8, 4) is 22.5 Å². The molecule has 5 aliphatic heterocycles. The number of rotatable bonds is 10. The Bertz CT molecular complexity index is 2840. The molecule has 76 heavy (non-hydrogen) atoms. The number of ether oxygens (including phenoxy) is 3. The number of anilines is 1. The lowest BCUT2D eigenvalue weighted by Gasteiger charge is -2.40. The molecule has 3 aromatic heterocycles. The fourth-order valence-corrected chi connectivity index (χ4v) is 12.6. The van der Waals surface area contributed by atoms with E-state index < -0.39 is 46.9 Å². The highest BCUT2D eigenvalue weighted by molar-refractivity contribution is 7.10. The van der Waals surface area contributed by atoms with Crippen LogP contribution in [0.4, 0.5) is 10.5 Å². The first-order chi connectivity index (χ1) is 36.3. The predicted octanol–water partition coefficient (Wildman–Crippen LogP) is 5.52. The van der Waals surface area contributed by atoms with Gasteiger partial charge in [0, 0.05) is 106 Å². The molecule has 4 fully saturated rings. The highest BCUT2D eigenvalue weighted by atomic mass is 32.1. The summed E-state index contributed by atoms with van der Waals surface area (Å²) in [7, 11) is 5.47. The van der Waals surface area contributed by atoms with Crippen LogP contribution in [0, 0.1) is 11.3 Å². The molecular formula is C56H77N11O8S. The van der Waals surface area contributed by atoms with Crippen molar-refractivity contribution in [2.75, 3.05) is 98.2 Å². The number of fused-ring (bicyclic) bond motifs is 6. The van der Waals surface area contributed by atoms with Crippen LogP contribution < -0.4 is 15.6 Å².